The first-order valence-corrected chi connectivity index (χ1v) is 8.61. The molecule has 2 aromatic rings. The smallest absolute Gasteiger partial charge is 0.224 e. The predicted octanol–water partition coefficient (Wildman–Crippen LogP) is 3.63. The van der Waals surface area contributed by atoms with Gasteiger partial charge in [0.1, 0.15) is 0 Å². The van der Waals surface area contributed by atoms with Gasteiger partial charge >= 0.3 is 0 Å². The summed E-state index contributed by atoms with van der Waals surface area (Å²) in [4.78, 5) is 11.8. The van der Waals surface area contributed by atoms with Crippen LogP contribution in [0, 0.1) is 0 Å². The molecular formula is C15H14BrNO3S. The maximum absolute atomic E-state index is 12.6. The topological polar surface area (TPSA) is 63.2 Å². The number of hydrogen-bond acceptors (Lipinski definition) is 3. The van der Waals surface area contributed by atoms with Gasteiger partial charge in [-0.1, -0.05) is 41.1 Å². The Morgan fingerprint density at radius 3 is 2.38 bits per heavy atom. The Kier molecular flexibility index (Phi) is 4.80. The number of hydrogen-bond donors (Lipinski definition) is 1. The minimum absolute atomic E-state index is 0.134. The van der Waals surface area contributed by atoms with Crippen molar-refractivity contribution in [2.45, 2.75) is 23.1 Å². The van der Waals surface area contributed by atoms with Crippen LogP contribution in [0.3, 0.4) is 0 Å². The number of nitrogens with one attached hydrogen (secondary N) is 1. The first kappa shape index (κ1) is 15.7. The first-order valence-electron chi connectivity index (χ1n) is 6.34. The molecule has 0 aliphatic rings. The molecule has 110 valence electrons. The third-order valence-electron chi connectivity index (χ3n) is 2.84. The molecule has 6 heteroatoms. The summed E-state index contributed by atoms with van der Waals surface area (Å²) >= 11 is 3.27. The SMILES string of the molecule is CCC(=O)Nc1cc(Br)cc(S(=O)(=O)c2ccccc2)c1. The van der Waals surface area contributed by atoms with Crippen molar-refractivity contribution in [3.8, 4) is 0 Å². The Morgan fingerprint density at radius 1 is 1.10 bits per heavy atom. The number of benzene rings is 2. The number of anilines is 1. The standard InChI is InChI=1S/C15H14BrNO3S/c1-2-15(18)17-12-8-11(16)9-14(10-12)21(19,20)13-6-4-3-5-7-13/h3-10H,2H2,1H3,(H,17,18). The second kappa shape index (κ2) is 6.41. The van der Waals surface area contributed by atoms with Crippen molar-refractivity contribution < 1.29 is 13.2 Å². The van der Waals surface area contributed by atoms with Crippen molar-refractivity contribution in [3.63, 3.8) is 0 Å². The van der Waals surface area contributed by atoms with E-state index >= 15 is 0 Å². The number of carbonyl (C=O) groups is 1. The van der Waals surface area contributed by atoms with E-state index in [0.29, 0.717) is 16.6 Å². The lowest BCUT2D eigenvalue weighted by molar-refractivity contribution is -0.115. The van der Waals surface area contributed by atoms with E-state index in [1.807, 2.05) is 0 Å². The van der Waals surface area contributed by atoms with Crippen LogP contribution >= 0.6 is 15.9 Å². The molecule has 0 unspecified atom stereocenters. The number of rotatable bonds is 4. The Hall–Kier alpha value is -1.66. The Labute approximate surface area is 132 Å². The van der Waals surface area contributed by atoms with Crippen LogP contribution in [0.4, 0.5) is 5.69 Å². The van der Waals surface area contributed by atoms with E-state index in [0.717, 1.165) is 0 Å². The van der Waals surface area contributed by atoms with Gasteiger partial charge in [-0.05, 0) is 30.3 Å². The molecule has 0 spiro atoms. The van der Waals surface area contributed by atoms with Gasteiger partial charge in [-0.2, -0.15) is 0 Å². The molecule has 0 bridgehead atoms. The average molecular weight is 368 g/mol. The van der Waals surface area contributed by atoms with Gasteiger partial charge in [0.05, 0.1) is 9.79 Å². The van der Waals surface area contributed by atoms with Crippen LogP contribution in [-0.4, -0.2) is 14.3 Å². The van der Waals surface area contributed by atoms with E-state index < -0.39 is 9.84 Å². The Bertz CT molecular complexity index is 758. The predicted molar refractivity (Wildman–Crippen MR) is 85.0 cm³/mol. The van der Waals surface area contributed by atoms with Crippen molar-refractivity contribution >= 4 is 37.4 Å². The highest BCUT2D eigenvalue weighted by atomic mass is 79.9. The molecular weight excluding hydrogens is 354 g/mol. The van der Waals surface area contributed by atoms with Gasteiger partial charge < -0.3 is 5.32 Å². The van der Waals surface area contributed by atoms with E-state index in [9.17, 15) is 13.2 Å². The van der Waals surface area contributed by atoms with Gasteiger partial charge in [-0.25, -0.2) is 8.42 Å². The fourth-order valence-corrected chi connectivity index (χ4v) is 3.77. The summed E-state index contributed by atoms with van der Waals surface area (Å²) in [7, 11) is -3.61. The fourth-order valence-electron chi connectivity index (χ4n) is 1.78. The minimum atomic E-state index is -3.61. The van der Waals surface area contributed by atoms with Crippen LogP contribution < -0.4 is 5.32 Å². The Morgan fingerprint density at radius 2 is 1.76 bits per heavy atom. The van der Waals surface area contributed by atoms with Crippen LogP contribution in [0.5, 0.6) is 0 Å². The number of sulfone groups is 1. The van der Waals surface area contributed by atoms with Gasteiger partial charge in [0, 0.05) is 16.6 Å². The van der Waals surface area contributed by atoms with Gasteiger partial charge in [0.2, 0.25) is 15.7 Å². The summed E-state index contributed by atoms with van der Waals surface area (Å²) in [5.41, 5.74) is 0.450. The van der Waals surface area contributed by atoms with E-state index in [-0.39, 0.29) is 15.7 Å². The highest BCUT2D eigenvalue weighted by molar-refractivity contribution is 9.10. The van der Waals surface area contributed by atoms with Gasteiger partial charge in [-0.15, -0.1) is 0 Å². The molecule has 2 rings (SSSR count). The first-order chi connectivity index (χ1) is 9.93. The molecule has 1 N–H and O–H groups in total. The summed E-state index contributed by atoms with van der Waals surface area (Å²) in [6, 6.07) is 12.8. The van der Waals surface area contributed by atoms with Gasteiger partial charge in [-0.3, -0.25) is 4.79 Å². The van der Waals surface area contributed by atoms with Crippen molar-refractivity contribution in [2.75, 3.05) is 5.32 Å². The highest BCUT2D eigenvalue weighted by Gasteiger charge is 2.18. The second-order valence-electron chi connectivity index (χ2n) is 4.39. The van der Waals surface area contributed by atoms with E-state index in [1.165, 1.54) is 12.1 Å². The molecule has 0 heterocycles. The van der Waals surface area contributed by atoms with Crippen molar-refractivity contribution in [2.24, 2.45) is 0 Å². The minimum Gasteiger partial charge on any atom is -0.326 e. The van der Waals surface area contributed by atoms with E-state index in [2.05, 4.69) is 21.2 Å². The largest absolute Gasteiger partial charge is 0.326 e. The van der Waals surface area contributed by atoms with Crippen molar-refractivity contribution in [1.29, 1.82) is 0 Å². The third kappa shape index (κ3) is 3.71. The summed E-state index contributed by atoms with van der Waals surface area (Å²) in [5, 5.41) is 2.66. The number of amides is 1. The maximum atomic E-state index is 12.6. The average Bonchev–Trinajstić information content (AvgIpc) is 2.47. The molecule has 0 fully saturated rings. The van der Waals surface area contributed by atoms with Crippen LogP contribution in [0.15, 0.2) is 62.8 Å². The van der Waals surface area contributed by atoms with Crippen LogP contribution in [0.2, 0.25) is 0 Å². The van der Waals surface area contributed by atoms with Gasteiger partial charge in [0.15, 0.2) is 0 Å². The summed E-state index contributed by atoms with van der Waals surface area (Å²) in [6.45, 7) is 1.73. The maximum Gasteiger partial charge on any atom is 0.224 e. The molecule has 0 aliphatic heterocycles. The summed E-state index contributed by atoms with van der Waals surface area (Å²) in [5.74, 6) is -0.170. The zero-order valence-electron chi connectivity index (χ0n) is 11.3. The molecule has 0 radical (unpaired) electrons. The summed E-state index contributed by atoms with van der Waals surface area (Å²) < 4.78 is 25.7. The molecule has 0 saturated heterocycles. The lowest BCUT2D eigenvalue weighted by Gasteiger charge is -2.09. The van der Waals surface area contributed by atoms with Gasteiger partial charge in [0.25, 0.3) is 0 Å². The third-order valence-corrected chi connectivity index (χ3v) is 5.05. The molecule has 0 atom stereocenters. The molecule has 2 aromatic carbocycles. The molecule has 0 aromatic heterocycles. The second-order valence-corrected chi connectivity index (χ2v) is 7.26. The lowest BCUT2D eigenvalue weighted by atomic mass is 10.3. The molecule has 21 heavy (non-hydrogen) atoms. The van der Waals surface area contributed by atoms with E-state index in [4.69, 9.17) is 0 Å². The quantitative estimate of drug-likeness (QED) is 0.897. The fraction of sp³-hybridized carbons (Fsp3) is 0.133. The lowest BCUT2D eigenvalue weighted by Crippen LogP contribution is -2.10. The van der Waals surface area contributed by atoms with E-state index in [1.54, 1.807) is 43.3 Å². The normalized spacial score (nSPS) is 11.1. The van der Waals surface area contributed by atoms with Crippen LogP contribution in [-0.2, 0) is 14.6 Å². The Balaban J connectivity index is 2.47. The molecule has 0 saturated carbocycles. The molecule has 1 amide bonds. The van der Waals surface area contributed by atoms with Crippen LogP contribution in [0.25, 0.3) is 0 Å². The van der Waals surface area contributed by atoms with Crippen molar-refractivity contribution in [1.82, 2.24) is 0 Å². The monoisotopic (exact) mass is 367 g/mol. The zero-order chi connectivity index (χ0) is 15.5. The highest BCUT2D eigenvalue weighted by Crippen LogP contribution is 2.27. The van der Waals surface area contributed by atoms with Crippen LogP contribution in [0.1, 0.15) is 13.3 Å². The zero-order valence-corrected chi connectivity index (χ0v) is 13.7. The molecule has 0 aliphatic carbocycles. The van der Waals surface area contributed by atoms with Crippen molar-refractivity contribution in [3.05, 3.63) is 53.0 Å². The number of halogens is 1. The number of carbonyl (C=O) groups excluding carboxylic acids is 1. The molecule has 4 nitrogen and oxygen atoms in total. The summed E-state index contributed by atoms with van der Waals surface area (Å²) in [6.07, 6.45) is 0.327.